The Morgan fingerprint density at radius 3 is 2.50 bits per heavy atom. The van der Waals surface area contributed by atoms with Crippen molar-refractivity contribution in [1.82, 2.24) is 9.88 Å². The number of hydrogen-bond donors (Lipinski definition) is 1. The van der Waals surface area contributed by atoms with E-state index in [2.05, 4.69) is 10.3 Å². The van der Waals surface area contributed by atoms with E-state index in [4.69, 9.17) is 9.47 Å². The quantitative estimate of drug-likeness (QED) is 0.709. The lowest BCUT2D eigenvalue weighted by Gasteiger charge is -2.19. The number of fused-ring (bicyclic) bond motifs is 1. The summed E-state index contributed by atoms with van der Waals surface area (Å²) < 4.78 is 10.6. The third-order valence-corrected chi connectivity index (χ3v) is 6.43. The van der Waals surface area contributed by atoms with Gasteiger partial charge in [0, 0.05) is 17.0 Å². The Kier molecular flexibility index (Phi) is 5.72. The summed E-state index contributed by atoms with van der Waals surface area (Å²) in [4.78, 5) is 43.1. The molecule has 0 spiro atoms. The van der Waals surface area contributed by atoms with Gasteiger partial charge in [-0.15, -0.1) is 11.3 Å². The Labute approximate surface area is 178 Å². The number of imide groups is 1. The summed E-state index contributed by atoms with van der Waals surface area (Å²) in [5.74, 6) is -0.113. The number of nitrogens with zero attached hydrogens (tertiary/aromatic N) is 2. The van der Waals surface area contributed by atoms with Crippen LogP contribution in [0.1, 0.15) is 25.7 Å². The first-order valence-electron chi connectivity index (χ1n) is 9.85. The Morgan fingerprint density at radius 2 is 1.87 bits per heavy atom. The molecular weight excluding hydrogens is 406 g/mol. The van der Waals surface area contributed by atoms with E-state index in [1.807, 2.05) is 6.07 Å². The Bertz CT molecular complexity index is 965. The smallest absolute Gasteiger partial charge is 0.246 e. The number of aromatic nitrogens is 1. The van der Waals surface area contributed by atoms with Crippen molar-refractivity contribution in [3.05, 3.63) is 23.6 Å². The van der Waals surface area contributed by atoms with E-state index in [0.717, 1.165) is 36.1 Å². The van der Waals surface area contributed by atoms with Crippen molar-refractivity contribution >= 4 is 34.2 Å². The summed E-state index contributed by atoms with van der Waals surface area (Å²) in [7, 11) is 3.14. The highest BCUT2D eigenvalue weighted by Crippen LogP contribution is 2.38. The third-order valence-electron chi connectivity index (χ3n) is 5.67. The summed E-state index contributed by atoms with van der Waals surface area (Å²) in [6.45, 7) is -0.272. The molecule has 2 aromatic rings. The van der Waals surface area contributed by atoms with Crippen LogP contribution in [0.2, 0.25) is 0 Å². The largest absolute Gasteiger partial charge is 0.497 e. The van der Waals surface area contributed by atoms with Gasteiger partial charge in [0.1, 0.15) is 18.0 Å². The second kappa shape index (κ2) is 8.43. The summed E-state index contributed by atoms with van der Waals surface area (Å²) in [5.41, 5.74) is 1.41. The van der Waals surface area contributed by atoms with Gasteiger partial charge in [0.25, 0.3) is 0 Å². The molecule has 2 aliphatic rings. The summed E-state index contributed by atoms with van der Waals surface area (Å²) in [5, 5.41) is 4.90. The number of rotatable bonds is 6. The minimum Gasteiger partial charge on any atom is -0.497 e. The van der Waals surface area contributed by atoms with Gasteiger partial charge in [-0.05, 0) is 25.0 Å². The van der Waals surface area contributed by atoms with Gasteiger partial charge in [-0.3, -0.25) is 19.3 Å². The zero-order chi connectivity index (χ0) is 21.3. The number of nitrogens with one attached hydrogen (secondary N) is 1. The van der Waals surface area contributed by atoms with Crippen LogP contribution in [0.5, 0.6) is 11.5 Å². The second-order valence-corrected chi connectivity index (χ2v) is 8.27. The average molecular weight is 429 g/mol. The van der Waals surface area contributed by atoms with E-state index < -0.39 is 5.91 Å². The number of benzene rings is 1. The monoisotopic (exact) mass is 429 g/mol. The second-order valence-electron chi connectivity index (χ2n) is 7.41. The maximum atomic E-state index is 12.5. The first-order chi connectivity index (χ1) is 14.5. The van der Waals surface area contributed by atoms with Crippen LogP contribution < -0.4 is 14.8 Å². The Hall–Kier alpha value is -2.94. The van der Waals surface area contributed by atoms with Gasteiger partial charge in [0.15, 0.2) is 5.13 Å². The van der Waals surface area contributed by atoms with Crippen molar-refractivity contribution in [1.29, 1.82) is 0 Å². The van der Waals surface area contributed by atoms with E-state index in [-0.39, 0.29) is 30.2 Å². The predicted molar refractivity (Wildman–Crippen MR) is 111 cm³/mol. The fraction of sp³-hybridized carbons (Fsp3) is 0.429. The highest BCUT2D eigenvalue weighted by Gasteiger charge is 2.48. The number of carbonyl (C=O) groups excluding carboxylic acids is 3. The predicted octanol–water partition coefficient (Wildman–Crippen LogP) is 2.94. The zero-order valence-electron chi connectivity index (χ0n) is 16.8. The molecule has 1 aromatic heterocycles. The molecule has 2 heterocycles. The highest BCUT2D eigenvalue weighted by atomic mass is 32.1. The minimum atomic E-state index is -0.432. The molecule has 1 aliphatic heterocycles. The van der Waals surface area contributed by atoms with E-state index in [0.29, 0.717) is 22.3 Å². The van der Waals surface area contributed by atoms with Crippen molar-refractivity contribution in [2.24, 2.45) is 11.8 Å². The molecule has 0 radical (unpaired) electrons. The SMILES string of the molecule is COc1ccc(-c2csc(NC(=O)CN3C(=O)[C@H]4CCCC[C@@H]4C3=O)n2)c(OC)c1. The molecule has 1 aliphatic carbocycles. The fourth-order valence-electron chi connectivity index (χ4n) is 4.15. The van der Waals surface area contributed by atoms with Gasteiger partial charge in [-0.2, -0.15) is 0 Å². The number of amides is 3. The first kappa shape index (κ1) is 20.3. The van der Waals surface area contributed by atoms with Crippen LogP contribution in [0.25, 0.3) is 11.3 Å². The van der Waals surface area contributed by atoms with Crippen LogP contribution in [0, 0.1) is 11.8 Å². The van der Waals surface area contributed by atoms with Crippen molar-refractivity contribution in [2.75, 3.05) is 26.1 Å². The van der Waals surface area contributed by atoms with Gasteiger partial charge >= 0.3 is 0 Å². The average Bonchev–Trinajstić information content (AvgIpc) is 3.32. The zero-order valence-corrected chi connectivity index (χ0v) is 17.7. The minimum absolute atomic E-state index is 0.220. The molecule has 0 unspecified atom stereocenters. The molecule has 8 nitrogen and oxygen atoms in total. The van der Waals surface area contributed by atoms with Gasteiger partial charge < -0.3 is 14.8 Å². The Morgan fingerprint density at radius 1 is 1.17 bits per heavy atom. The standard InChI is InChI=1S/C21H23N3O5S/c1-28-12-7-8-15(17(9-12)29-2)16-11-30-21(22-16)23-18(25)10-24-19(26)13-5-3-4-6-14(13)20(24)27/h7-9,11,13-14H,3-6,10H2,1-2H3,(H,22,23,25)/t13-,14-/m0/s1. The summed E-state index contributed by atoms with van der Waals surface area (Å²) in [6, 6.07) is 5.40. The van der Waals surface area contributed by atoms with Gasteiger partial charge in [-0.25, -0.2) is 4.98 Å². The fourth-order valence-corrected chi connectivity index (χ4v) is 4.88. The third kappa shape index (κ3) is 3.77. The van der Waals surface area contributed by atoms with Gasteiger partial charge in [-0.1, -0.05) is 12.8 Å². The summed E-state index contributed by atoms with van der Waals surface area (Å²) >= 11 is 1.26. The summed E-state index contributed by atoms with van der Waals surface area (Å²) in [6.07, 6.45) is 3.37. The van der Waals surface area contributed by atoms with Crippen LogP contribution in [-0.4, -0.2) is 48.4 Å². The van der Waals surface area contributed by atoms with Crippen LogP contribution in [0.4, 0.5) is 5.13 Å². The molecule has 4 rings (SSSR count). The molecule has 3 amide bonds. The van der Waals surface area contributed by atoms with E-state index in [9.17, 15) is 14.4 Å². The lowest BCUT2D eigenvalue weighted by atomic mass is 9.81. The number of methoxy groups -OCH3 is 2. The van der Waals surface area contributed by atoms with Crippen molar-refractivity contribution in [2.45, 2.75) is 25.7 Å². The lowest BCUT2D eigenvalue weighted by Crippen LogP contribution is -2.38. The van der Waals surface area contributed by atoms with E-state index >= 15 is 0 Å². The molecule has 30 heavy (non-hydrogen) atoms. The number of ether oxygens (including phenoxy) is 2. The van der Waals surface area contributed by atoms with E-state index in [1.165, 1.54) is 11.3 Å². The van der Waals surface area contributed by atoms with Crippen molar-refractivity contribution < 1.29 is 23.9 Å². The first-order valence-corrected chi connectivity index (χ1v) is 10.7. The van der Waals surface area contributed by atoms with Crippen LogP contribution >= 0.6 is 11.3 Å². The maximum Gasteiger partial charge on any atom is 0.246 e. The molecule has 1 saturated carbocycles. The highest BCUT2D eigenvalue weighted by molar-refractivity contribution is 7.14. The molecule has 1 saturated heterocycles. The lowest BCUT2D eigenvalue weighted by molar-refractivity contribution is -0.142. The molecule has 2 atom stereocenters. The molecule has 2 fully saturated rings. The topological polar surface area (TPSA) is 97.8 Å². The molecule has 1 N–H and O–H groups in total. The van der Waals surface area contributed by atoms with Crippen LogP contribution in [-0.2, 0) is 14.4 Å². The molecule has 9 heteroatoms. The van der Waals surface area contributed by atoms with Crippen molar-refractivity contribution in [3.8, 4) is 22.8 Å². The Balaban J connectivity index is 1.44. The van der Waals surface area contributed by atoms with Crippen LogP contribution in [0.3, 0.4) is 0 Å². The molecule has 158 valence electrons. The molecule has 0 bridgehead atoms. The number of thiazole rings is 1. The van der Waals surface area contributed by atoms with Crippen molar-refractivity contribution in [3.63, 3.8) is 0 Å². The number of hydrogen-bond acceptors (Lipinski definition) is 7. The number of carbonyl (C=O) groups is 3. The van der Waals surface area contributed by atoms with Crippen LogP contribution in [0.15, 0.2) is 23.6 Å². The number of likely N-dealkylation sites (tertiary alicyclic amines) is 1. The van der Waals surface area contributed by atoms with Gasteiger partial charge in [0.2, 0.25) is 17.7 Å². The van der Waals surface area contributed by atoms with Gasteiger partial charge in [0.05, 0.1) is 31.7 Å². The van der Waals surface area contributed by atoms with E-state index in [1.54, 1.807) is 31.7 Å². The molecular formula is C21H23N3O5S. The number of anilines is 1. The normalized spacial score (nSPS) is 20.8. The molecule has 1 aromatic carbocycles. The maximum absolute atomic E-state index is 12.5.